The van der Waals surface area contributed by atoms with Crippen molar-refractivity contribution < 1.29 is 0 Å². The van der Waals surface area contributed by atoms with Gasteiger partial charge in [0, 0.05) is 17.8 Å². The third kappa shape index (κ3) is 3.28. The summed E-state index contributed by atoms with van der Waals surface area (Å²) in [7, 11) is 0. The molecule has 0 saturated carbocycles. The van der Waals surface area contributed by atoms with E-state index in [2.05, 4.69) is 63.8 Å². The Kier molecular flexibility index (Phi) is 3.69. The molecule has 4 nitrogen and oxygen atoms in total. The predicted octanol–water partition coefficient (Wildman–Crippen LogP) is 3.70. The van der Waals surface area contributed by atoms with Crippen LogP contribution in [0.4, 0.5) is 5.69 Å². The SMILES string of the molecule is Cc1cccc(CNc2ccc(-c3n[nH]c(C)n3)cc2)c1. The van der Waals surface area contributed by atoms with E-state index in [-0.39, 0.29) is 0 Å². The number of hydrogen-bond acceptors (Lipinski definition) is 3. The Hall–Kier alpha value is -2.62. The molecule has 4 heteroatoms. The minimum Gasteiger partial charge on any atom is -0.381 e. The van der Waals surface area contributed by atoms with Crippen molar-refractivity contribution in [1.82, 2.24) is 15.2 Å². The molecule has 0 aliphatic rings. The average Bonchev–Trinajstić information content (AvgIpc) is 2.92. The maximum Gasteiger partial charge on any atom is 0.181 e. The average molecular weight is 278 g/mol. The van der Waals surface area contributed by atoms with Gasteiger partial charge >= 0.3 is 0 Å². The van der Waals surface area contributed by atoms with Crippen LogP contribution in [0, 0.1) is 13.8 Å². The maximum atomic E-state index is 4.33. The van der Waals surface area contributed by atoms with Gasteiger partial charge < -0.3 is 5.32 Å². The van der Waals surface area contributed by atoms with E-state index in [1.165, 1.54) is 11.1 Å². The Labute approximate surface area is 124 Å². The first-order chi connectivity index (χ1) is 10.2. The van der Waals surface area contributed by atoms with Crippen LogP contribution in [0.2, 0.25) is 0 Å². The van der Waals surface area contributed by atoms with Crippen molar-refractivity contribution in [1.29, 1.82) is 0 Å². The van der Waals surface area contributed by atoms with Crippen LogP contribution in [0.15, 0.2) is 48.5 Å². The lowest BCUT2D eigenvalue weighted by molar-refractivity contribution is 1.04. The molecule has 0 spiro atoms. The van der Waals surface area contributed by atoms with Gasteiger partial charge in [0.1, 0.15) is 5.82 Å². The molecule has 1 aromatic heterocycles. The Balaban J connectivity index is 1.67. The number of nitrogens with one attached hydrogen (secondary N) is 2. The summed E-state index contributed by atoms with van der Waals surface area (Å²) in [6.45, 7) is 4.83. The minimum absolute atomic E-state index is 0.734. The molecule has 0 radical (unpaired) electrons. The third-order valence-corrected chi connectivity index (χ3v) is 3.32. The Morgan fingerprint density at radius 3 is 2.52 bits per heavy atom. The number of anilines is 1. The van der Waals surface area contributed by atoms with E-state index in [4.69, 9.17) is 0 Å². The number of aromatic nitrogens is 3. The Morgan fingerprint density at radius 1 is 1.05 bits per heavy atom. The van der Waals surface area contributed by atoms with Gasteiger partial charge in [-0.15, -0.1) is 0 Å². The molecule has 0 atom stereocenters. The molecule has 2 aromatic carbocycles. The number of nitrogens with zero attached hydrogens (tertiary/aromatic N) is 2. The van der Waals surface area contributed by atoms with Crippen molar-refractivity contribution >= 4 is 5.69 Å². The van der Waals surface area contributed by atoms with E-state index >= 15 is 0 Å². The summed E-state index contributed by atoms with van der Waals surface area (Å²) >= 11 is 0. The van der Waals surface area contributed by atoms with Crippen LogP contribution in [-0.2, 0) is 6.54 Å². The van der Waals surface area contributed by atoms with Crippen molar-refractivity contribution in [3.63, 3.8) is 0 Å². The van der Waals surface area contributed by atoms with Crippen LogP contribution >= 0.6 is 0 Å². The van der Waals surface area contributed by atoms with Crippen molar-refractivity contribution in [3.05, 3.63) is 65.5 Å². The van der Waals surface area contributed by atoms with E-state index in [1.807, 2.05) is 19.1 Å². The van der Waals surface area contributed by atoms with E-state index < -0.39 is 0 Å². The van der Waals surface area contributed by atoms with Gasteiger partial charge in [0.15, 0.2) is 5.82 Å². The molecule has 21 heavy (non-hydrogen) atoms. The van der Waals surface area contributed by atoms with Gasteiger partial charge in [0.2, 0.25) is 0 Å². The summed E-state index contributed by atoms with van der Waals surface area (Å²) in [6, 6.07) is 16.7. The summed E-state index contributed by atoms with van der Waals surface area (Å²) in [6.07, 6.45) is 0. The molecule has 0 bridgehead atoms. The molecule has 0 aliphatic heterocycles. The highest BCUT2D eigenvalue weighted by Gasteiger charge is 2.03. The first-order valence-electron chi connectivity index (χ1n) is 6.99. The Morgan fingerprint density at radius 2 is 1.86 bits per heavy atom. The lowest BCUT2D eigenvalue weighted by atomic mass is 10.1. The molecule has 0 unspecified atom stereocenters. The molecule has 3 aromatic rings. The largest absolute Gasteiger partial charge is 0.381 e. The van der Waals surface area contributed by atoms with E-state index in [0.29, 0.717) is 0 Å². The number of rotatable bonds is 4. The number of H-pyrrole nitrogens is 1. The Bertz CT molecular complexity index is 729. The molecule has 0 aliphatic carbocycles. The molecule has 3 rings (SSSR count). The van der Waals surface area contributed by atoms with Crippen LogP contribution in [0.1, 0.15) is 17.0 Å². The highest BCUT2D eigenvalue weighted by Crippen LogP contribution is 2.18. The van der Waals surface area contributed by atoms with Crippen LogP contribution in [0.25, 0.3) is 11.4 Å². The van der Waals surface area contributed by atoms with Crippen LogP contribution < -0.4 is 5.32 Å². The zero-order valence-electron chi connectivity index (χ0n) is 12.2. The second kappa shape index (κ2) is 5.79. The van der Waals surface area contributed by atoms with Gasteiger partial charge in [0.25, 0.3) is 0 Å². The second-order valence-electron chi connectivity index (χ2n) is 5.16. The summed E-state index contributed by atoms with van der Waals surface area (Å²) in [4.78, 5) is 4.33. The van der Waals surface area contributed by atoms with Gasteiger partial charge in [-0.2, -0.15) is 5.10 Å². The van der Waals surface area contributed by atoms with Crippen molar-refractivity contribution in [3.8, 4) is 11.4 Å². The fraction of sp³-hybridized carbons (Fsp3) is 0.176. The van der Waals surface area contributed by atoms with E-state index in [1.54, 1.807) is 0 Å². The number of benzene rings is 2. The summed E-state index contributed by atoms with van der Waals surface area (Å²) in [5.41, 5.74) is 4.67. The molecule has 0 amide bonds. The number of aromatic amines is 1. The zero-order chi connectivity index (χ0) is 14.7. The first-order valence-corrected chi connectivity index (χ1v) is 6.99. The second-order valence-corrected chi connectivity index (χ2v) is 5.16. The molecule has 2 N–H and O–H groups in total. The topological polar surface area (TPSA) is 53.6 Å². The lowest BCUT2D eigenvalue weighted by Gasteiger charge is -2.07. The third-order valence-electron chi connectivity index (χ3n) is 3.32. The van der Waals surface area contributed by atoms with Gasteiger partial charge in [0.05, 0.1) is 0 Å². The van der Waals surface area contributed by atoms with Crippen LogP contribution in [-0.4, -0.2) is 15.2 Å². The smallest absolute Gasteiger partial charge is 0.181 e. The van der Waals surface area contributed by atoms with E-state index in [0.717, 1.165) is 29.4 Å². The molecule has 0 saturated heterocycles. The van der Waals surface area contributed by atoms with Crippen molar-refractivity contribution in [2.45, 2.75) is 20.4 Å². The van der Waals surface area contributed by atoms with Gasteiger partial charge in [-0.1, -0.05) is 29.8 Å². The number of hydrogen-bond donors (Lipinski definition) is 2. The van der Waals surface area contributed by atoms with E-state index in [9.17, 15) is 0 Å². The monoisotopic (exact) mass is 278 g/mol. The predicted molar refractivity (Wildman–Crippen MR) is 85.1 cm³/mol. The van der Waals surface area contributed by atoms with Gasteiger partial charge in [-0.3, -0.25) is 5.10 Å². The molecule has 1 heterocycles. The first kappa shape index (κ1) is 13.4. The van der Waals surface area contributed by atoms with Crippen molar-refractivity contribution in [2.24, 2.45) is 0 Å². The van der Waals surface area contributed by atoms with Gasteiger partial charge in [-0.05, 0) is 43.7 Å². The minimum atomic E-state index is 0.734. The normalized spacial score (nSPS) is 10.6. The maximum absolute atomic E-state index is 4.33. The summed E-state index contributed by atoms with van der Waals surface area (Å²) in [5.74, 6) is 1.56. The number of aryl methyl sites for hydroxylation is 2. The van der Waals surface area contributed by atoms with Crippen LogP contribution in [0.3, 0.4) is 0 Å². The molecular weight excluding hydrogens is 260 g/mol. The van der Waals surface area contributed by atoms with Gasteiger partial charge in [-0.25, -0.2) is 4.98 Å². The summed E-state index contributed by atoms with van der Waals surface area (Å²) < 4.78 is 0. The highest BCUT2D eigenvalue weighted by atomic mass is 15.2. The highest BCUT2D eigenvalue weighted by molar-refractivity contribution is 5.59. The standard InChI is InChI=1S/C17H18N4/c1-12-4-3-5-14(10-12)11-18-16-8-6-15(7-9-16)17-19-13(2)20-21-17/h3-10,18H,11H2,1-2H3,(H,19,20,21). The molecule has 0 fully saturated rings. The lowest BCUT2D eigenvalue weighted by Crippen LogP contribution is -1.99. The van der Waals surface area contributed by atoms with Crippen LogP contribution in [0.5, 0.6) is 0 Å². The molecule has 106 valence electrons. The van der Waals surface area contributed by atoms with Crippen molar-refractivity contribution in [2.75, 3.05) is 5.32 Å². The fourth-order valence-corrected chi connectivity index (χ4v) is 2.24. The molecular formula is C17H18N4. The summed E-state index contributed by atoms with van der Waals surface area (Å²) in [5, 5.41) is 10.4. The fourth-order valence-electron chi connectivity index (χ4n) is 2.24. The zero-order valence-corrected chi connectivity index (χ0v) is 12.2. The quantitative estimate of drug-likeness (QED) is 0.765.